The van der Waals surface area contributed by atoms with Gasteiger partial charge in [-0.25, -0.2) is 0 Å². The summed E-state index contributed by atoms with van der Waals surface area (Å²) in [6.45, 7) is 2.50. The topological polar surface area (TPSA) is 68.2 Å². The minimum atomic E-state index is -0.386. The van der Waals surface area contributed by atoms with Crippen LogP contribution in [0, 0.1) is 0 Å². The molecule has 78 valence electrons. The van der Waals surface area contributed by atoms with E-state index in [0.29, 0.717) is 18.5 Å². The van der Waals surface area contributed by atoms with Gasteiger partial charge in [0.05, 0.1) is 6.10 Å². The van der Waals surface area contributed by atoms with E-state index in [4.69, 9.17) is 10.8 Å². The summed E-state index contributed by atoms with van der Waals surface area (Å²) in [6.07, 6.45) is 1.90. The van der Waals surface area contributed by atoms with Crippen LogP contribution in [0.5, 0.6) is 0 Å². The van der Waals surface area contributed by atoms with Gasteiger partial charge in [-0.15, -0.1) is 0 Å². The molecule has 0 aliphatic carbocycles. The number of rotatable bonds is 4. The van der Waals surface area contributed by atoms with Gasteiger partial charge in [0.2, 0.25) is 0 Å². The van der Waals surface area contributed by atoms with Gasteiger partial charge in [0, 0.05) is 24.8 Å². The van der Waals surface area contributed by atoms with Crippen molar-refractivity contribution in [3.63, 3.8) is 0 Å². The highest BCUT2D eigenvalue weighted by Gasteiger charge is 2.02. The van der Waals surface area contributed by atoms with Crippen LogP contribution in [0.3, 0.4) is 0 Å². The van der Waals surface area contributed by atoms with Crippen LogP contribution >= 0.6 is 0 Å². The van der Waals surface area contributed by atoms with Gasteiger partial charge < -0.3 is 15.4 Å². The normalized spacial score (nSPS) is 12.8. The van der Waals surface area contributed by atoms with Gasteiger partial charge in [-0.05, 0) is 19.4 Å². The van der Waals surface area contributed by atoms with Gasteiger partial charge in [-0.1, -0.05) is 6.07 Å². The Labute approximate surface area is 83.0 Å². The lowest BCUT2D eigenvalue weighted by molar-refractivity contribution is 0.177. The summed E-state index contributed by atoms with van der Waals surface area (Å²) in [7, 11) is 0. The summed E-state index contributed by atoms with van der Waals surface area (Å²) in [5.41, 5.74) is 5.96. The van der Waals surface area contributed by atoms with Crippen LogP contribution in [0.15, 0.2) is 23.1 Å². The molecule has 0 saturated carbocycles. The third kappa shape index (κ3) is 2.68. The predicted octanol–water partition coefficient (Wildman–Crippen LogP) is 0.0779. The Morgan fingerprint density at radius 1 is 1.64 bits per heavy atom. The Kier molecular flexibility index (Phi) is 3.85. The molecule has 4 heteroatoms. The van der Waals surface area contributed by atoms with E-state index < -0.39 is 0 Å². The van der Waals surface area contributed by atoms with Crippen molar-refractivity contribution in [3.8, 4) is 0 Å². The largest absolute Gasteiger partial charge is 0.393 e. The third-order valence-electron chi connectivity index (χ3n) is 2.11. The molecule has 1 aromatic rings. The van der Waals surface area contributed by atoms with E-state index in [0.717, 1.165) is 0 Å². The zero-order valence-corrected chi connectivity index (χ0v) is 8.31. The van der Waals surface area contributed by atoms with Crippen molar-refractivity contribution in [1.82, 2.24) is 4.57 Å². The second-order valence-electron chi connectivity index (χ2n) is 3.37. The van der Waals surface area contributed by atoms with Crippen LogP contribution in [-0.2, 0) is 13.1 Å². The average Bonchev–Trinajstić information content (AvgIpc) is 2.16. The first kappa shape index (κ1) is 10.9. The fourth-order valence-electron chi connectivity index (χ4n) is 1.24. The molecule has 1 heterocycles. The summed E-state index contributed by atoms with van der Waals surface area (Å²) in [6, 6.07) is 3.52. The minimum absolute atomic E-state index is 0.0596. The second-order valence-corrected chi connectivity index (χ2v) is 3.37. The van der Waals surface area contributed by atoms with Crippen LogP contribution in [0.2, 0.25) is 0 Å². The highest BCUT2D eigenvalue weighted by molar-refractivity contribution is 5.09. The van der Waals surface area contributed by atoms with E-state index in [2.05, 4.69) is 0 Å². The maximum absolute atomic E-state index is 11.6. The van der Waals surface area contributed by atoms with Gasteiger partial charge in [0.1, 0.15) is 0 Å². The van der Waals surface area contributed by atoms with Gasteiger partial charge in [0.25, 0.3) is 5.56 Å². The summed E-state index contributed by atoms with van der Waals surface area (Å²) < 4.78 is 1.58. The van der Waals surface area contributed by atoms with Crippen LogP contribution in [-0.4, -0.2) is 15.8 Å². The first-order valence-electron chi connectivity index (χ1n) is 4.71. The zero-order valence-electron chi connectivity index (χ0n) is 8.31. The quantitative estimate of drug-likeness (QED) is 0.716. The van der Waals surface area contributed by atoms with Crippen LogP contribution in [0.25, 0.3) is 0 Å². The molecule has 0 aromatic carbocycles. The van der Waals surface area contributed by atoms with Crippen LogP contribution in [0.1, 0.15) is 18.9 Å². The highest BCUT2D eigenvalue weighted by Crippen LogP contribution is 1.95. The molecule has 14 heavy (non-hydrogen) atoms. The van der Waals surface area contributed by atoms with Crippen molar-refractivity contribution in [2.24, 2.45) is 5.73 Å². The number of nitrogens with two attached hydrogens (primary N) is 1. The lowest BCUT2D eigenvalue weighted by atomic mass is 10.2. The molecule has 0 radical (unpaired) electrons. The molecule has 0 spiro atoms. The predicted molar refractivity (Wildman–Crippen MR) is 54.9 cm³/mol. The number of hydrogen-bond donors (Lipinski definition) is 2. The third-order valence-corrected chi connectivity index (χ3v) is 2.11. The van der Waals surface area contributed by atoms with Gasteiger partial charge in [0.15, 0.2) is 0 Å². The Balaban J connectivity index is 2.82. The molecule has 0 fully saturated rings. The summed E-state index contributed by atoms with van der Waals surface area (Å²) in [5.74, 6) is 0. The van der Waals surface area contributed by atoms with E-state index in [1.807, 2.05) is 0 Å². The van der Waals surface area contributed by atoms with Crippen molar-refractivity contribution in [3.05, 3.63) is 34.2 Å². The molecule has 1 rings (SSSR count). The standard InChI is InChI=1S/C10H16N2O2/c1-8(13)4-6-12-5-2-3-9(7-11)10(12)14/h2-3,5,8,13H,4,6-7,11H2,1H3. The van der Waals surface area contributed by atoms with Crippen LogP contribution in [0.4, 0.5) is 0 Å². The fraction of sp³-hybridized carbons (Fsp3) is 0.500. The second kappa shape index (κ2) is 4.93. The minimum Gasteiger partial charge on any atom is -0.393 e. The molecule has 0 aliphatic rings. The molecule has 0 amide bonds. The number of pyridine rings is 1. The smallest absolute Gasteiger partial charge is 0.255 e. The van der Waals surface area contributed by atoms with Gasteiger partial charge in [-0.3, -0.25) is 4.79 Å². The highest BCUT2D eigenvalue weighted by atomic mass is 16.3. The molecule has 4 nitrogen and oxygen atoms in total. The fourth-order valence-corrected chi connectivity index (χ4v) is 1.24. The first-order chi connectivity index (χ1) is 6.65. The molecule has 1 unspecified atom stereocenters. The van der Waals surface area contributed by atoms with Crippen molar-refractivity contribution in [1.29, 1.82) is 0 Å². The molecule has 1 aromatic heterocycles. The number of aromatic nitrogens is 1. The van der Waals surface area contributed by atoms with E-state index in [-0.39, 0.29) is 18.2 Å². The summed E-state index contributed by atoms with van der Waals surface area (Å²) in [5, 5.41) is 9.09. The molecular formula is C10H16N2O2. The lowest BCUT2D eigenvalue weighted by Crippen LogP contribution is -2.25. The van der Waals surface area contributed by atoms with Crippen molar-refractivity contribution in [2.45, 2.75) is 32.5 Å². The lowest BCUT2D eigenvalue weighted by Gasteiger charge is -2.08. The molecular weight excluding hydrogens is 180 g/mol. The van der Waals surface area contributed by atoms with Gasteiger partial charge >= 0.3 is 0 Å². The Bertz CT molecular complexity index is 344. The Morgan fingerprint density at radius 2 is 2.36 bits per heavy atom. The van der Waals surface area contributed by atoms with Crippen molar-refractivity contribution < 1.29 is 5.11 Å². The molecule has 0 saturated heterocycles. The summed E-state index contributed by atoms with van der Waals surface area (Å²) in [4.78, 5) is 11.6. The van der Waals surface area contributed by atoms with Crippen molar-refractivity contribution >= 4 is 0 Å². The van der Waals surface area contributed by atoms with Crippen molar-refractivity contribution in [2.75, 3.05) is 0 Å². The number of aryl methyl sites for hydroxylation is 1. The molecule has 0 aliphatic heterocycles. The number of aliphatic hydroxyl groups excluding tert-OH is 1. The monoisotopic (exact) mass is 196 g/mol. The number of aliphatic hydroxyl groups is 1. The van der Waals surface area contributed by atoms with E-state index >= 15 is 0 Å². The number of nitrogens with zero attached hydrogens (tertiary/aromatic N) is 1. The molecule has 3 N–H and O–H groups in total. The van der Waals surface area contributed by atoms with Gasteiger partial charge in [-0.2, -0.15) is 0 Å². The Morgan fingerprint density at radius 3 is 2.93 bits per heavy atom. The average molecular weight is 196 g/mol. The first-order valence-corrected chi connectivity index (χ1v) is 4.71. The SMILES string of the molecule is CC(O)CCn1cccc(CN)c1=O. The Hall–Kier alpha value is -1.13. The van der Waals surface area contributed by atoms with E-state index in [1.165, 1.54) is 0 Å². The molecule has 0 bridgehead atoms. The molecule has 1 atom stereocenters. The maximum atomic E-state index is 11.6. The van der Waals surface area contributed by atoms with E-state index in [1.54, 1.807) is 29.8 Å². The summed E-state index contributed by atoms with van der Waals surface area (Å²) >= 11 is 0. The zero-order chi connectivity index (χ0) is 10.6. The van der Waals surface area contributed by atoms with E-state index in [9.17, 15) is 4.79 Å². The maximum Gasteiger partial charge on any atom is 0.255 e. The van der Waals surface area contributed by atoms with Crippen LogP contribution < -0.4 is 11.3 Å². The number of hydrogen-bond acceptors (Lipinski definition) is 3.